The summed E-state index contributed by atoms with van der Waals surface area (Å²) < 4.78 is 5.16. The summed E-state index contributed by atoms with van der Waals surface area (Å²) >= 11 is 0. The number of aldehydes is 1. The third-order valence-electron chi connectivity index (χ3n) is 3.70. The number of carbonyl (C=O) groups excluding carboxylic acids is 1. The second-order valence-corrected chi connectivity index (χ2v) is 5.06. The second-order valence-electron chi connectivity index (χ2n) is 5.06. The predicted octanol–water partition coefficient (Wildman–Crippen LogP) is 2.74. The maximum absolute atomic E-state index is 11.2. The first kappa shape index (κ1) is 16.6. The van der Waals surface area contributed by atoms with Crippen LogP contribution in [0.25, 0.3) is 0 Å². The molecule has 1 atom stereocenters. The summed E-state index contributed by atoms with van der Waals surface area (Å²) in [4.78, 5) is 13.6. The summed E-state index contributed by atoms with van der Waals surface area (Å²) in [7, 11) is 1.73. The minimum atomic E-state index is -0.226. The average Bonchev–Trinajstić information content (AvgIpc) is 2.36. The van der Waals surface area contributed by atoms with E-state index in [1.54, 1.807) is 7.11 Å². The molecule has 3 nitrogen and oxygen atoms in total. The Morgan fingerprint density at radius 2 is 1.88 bits per heavy atom. The summed E-state index contributed by atoms with van der Waals surface area (Å²) in [5, 5.41) is 0. The molecule has 0 saturated heterocycles. The topological polar surface area (TPSA) is 29.5 Å². The fourth-order valence-electron chi connectivity index (χ4n) is 2.10. The number of rotatable bonds is 10. The van der Waals surface area contributed by atoms with Crippen molar-refractivity contribution in [1.29, 1.82) is 0 Å². The molecular formula is C14H29NO2. The van der Waals surface area contributed by atoms with Gasteiger partial charge in [-0.3, -0.25) is 4.90 Å². The van der Waals surface area contributed by atoms with E-state index in [0.29, 0.717) is 6.04 Å². The van der Waals surface area contributed by atoms with E-state index in [4.69, 9.17) is 4.74 Å². The lowest BCUT2D eigenvalue weighted by atomic mass is 9.88. The molecular weight excluding hydrogens is 214 g/mol. The SMILES string of the molecule is CCC(CC)N(CCOC)CC(C)(C=O)CC. The molecule has 3 heteroatoms. The molecule has 102 valence electrons. The molecule has 17 heavy (non-hydrogen) atoms. The maximum atomic E-state index is 11.2. The van der Waals surface area contributed by atoms with Gasteiger partial charge in [-0.25, -0.2) is 0 Å². The van der Waals surface area contributed by atoms with Crippen LogP contribution in [0.5, 0.6) is 0 Å². The van der Waals surface area contributed by atoms with Gasteiger partial charge in [0.1, 0.15) is 6.29 Å². The van der Waals surface area contributed by atoms with Gasteiger partial charge in [-0.05, 0) is 19.3 Å². The molecule has 0 saturated carbocycles. The quantitative estimate of drug-likeness (QED) is 0.553. The Morgan fingerprint density at radius 1 is 1.29 bits per heavy atom. The van der Waals surface area contributed by atoms with Gasteiger partial charge in [0.2, 0.25) is 0 Å². The van der Waals surface area contributed by atoms with Crippen molar-refractivity contribution in [3.63, 3.8) is 0 Å². The van der Waals surface area contributed by atoms with Crippen molar-refractivity contribution in [2.75, 3.05) is 26.8 Å². The van der Waals surface area contributed by atoms with Crippen molar-refractivity contribution in [3.8, 4) is 0 Å². The fourth-order valence-corrected chi connectivity index (χ4v) is 2.10. The van der Waals surface area contributed by atoms with Crippen molar-refractivity contribution in [3.05, 3.63) is 0 Å². The smallest absolute Gasteiger partial charge is 0.127 e. The molecule has 0 spiro atoms. The zero-order valence-corrected chi connectivity index (χ0v) is 12.2. The van der Waals surface area contributed by atoms with Gasteiger partial charge in [-0.2, -0.15) is 0 Å². The fraction of sp³-hybridized carbons (Fsp3) is 0.929. The number of hydrogen-bond acceptors (Lipinski definition) is 3. The maximum Gasteiger partial charge on any atom is 0.127 e. The standard InChI is InChI=1S/C14H29NO2/c1-6-13(7-2)15(9-10-17-5)11-14(4,8-3)12-16/h12-13H,6-11H2,1-5H3. The van der Waals surface area contributed by atoms with E-state index in [-0.39, 0.29) is 5.41 Å². The van der Waals surface area contributed by atoms with Gasteiger partial charge >= 0.3 is 0 Å². The van der Waals surface area contributed by atoms with Crippen LogP contribution in [-0.4, -0.2) is 44.0 Å². The molecule has 0 aromatic carbocycles. The Kier molecular flexibility index (Phi) is 8.44. The lowest BCUT2D eigenvalue weighted by Crippen LogP contribution is -2.44. The summed E-state index contributed by atoms with van der Waals surface area (Å²) in [6.45, 7) is 11.0. The minimum absolute atomic E-state index is 0.226. The van der Waals surface area contributed by atoms with Crippen molar-refractivity contribution in [2.24, 2.45) is 5.41 Å². The van der Waals surface area contributed by atoms with Crippen molar-refractivity contribution in [2.45, 2.75) is 53.0 Å². The van der Waals surface area contributed by atoms with Crippen LogP contribution in [0, 0.1) is 5.41 Å². The Bertz CT molecular complexity index is 204. The van der Waals surface area contributed by atoms with Crippen molar-refractivity contribution >= 4 is 6.29 Å². The van der Waals surface area contributed by atoms with E-state index in [2.05, 4.69) is 25.7 Å². The van der Waals surface area contributed by atoms with Gasteiger partial charge in [-0.1, -0.05) is 27.7 Å². The van der Waals surface area contributed by atoms with Gasteiger partial charge < -0.3 is 9.53 Å². The third kappa shape index (κ3) is 5.64. The van der Waals surface area contributed by atoms with E-state index in [1.165, 1.54) is 0 Å². The van der Waals surface area contributed by atoms with Crippen LogP contribution in [0.4, 0.5) is 0 Å². The van der Waals surface area contributed by atoms with E-state index < -0.39 is 0 Å². The number of nitrogens with zero attached hydrogens (tertiary/aromatic N) is 1. The predicted molar refractivity (Wildman–Crippen MR) is 72.3 cm³/mol. The van der Waals surface area contributed by atoms with Gasteiger partial charge in [0.15, 0.2) is 0 Å². The highest BCUT2D eigenvalue weighted by molar-refractivity contribution is 5.58. The van der Waals surface area contributed by atoms with Gasteiger partial charge in [-0.15, -0.1) is 0 Å². The molecule has 0 aliphatic rings. The van der Waals surface area contributed by atoms with Crippen LogP contribution >= 0.6 is 0 Å². The second kappa shape index (κ2) is 8.65. The monoisotopic (exact) mass is 243 g/mol. The molecule has 0 fully saturated rings. The Balaban J connectivity index is 4.61. The van der Waals surface area contributed by atoms with Crippen molar-refractivity contribution in [1.82, 2.24) is 4.90 Å². The molecule has 0 bridgehead atoms. The normalized spacial score (nSPS) is 15.2. The Morgan fingerprint density at radius 3 is 2.24 bits per heavy atom. The molecule has 0 amide bonds. The highest BCUT2D eigenvalue weighted by Crippen LogP contribution is 2.22. The van der Waals surface area contributed by atoms with Crippen LogP contribution < -0.4 is 0 Å². The molecule has 1 unspecified atom stereocenters. The molecule has 0 aromatic rings. The summed E-state index contributed by atoms with van der Waals surface area (Å²) in [6.07, 6.45) is 4.24. The van der Waals surface area contributed by atoms with Crippen LogP contribution in [-0.2, 0) is 9.53 Å². The molecule has 0 aromatic heterocycles. The molecule has 0 heterocycles. The largest absolute Gasteiger partial charge is 0.383 e. The van der Waals surface area contributed by atoms with Crippen LogP contribution in [0.2, 0.25) is 0 Å². The third-order valence-corrected chi connectivity index (χ3v) is 3.70. The first-order valence-electron chi connectivity index (χ1n) is 6.76. The highest BCUT2D eigenvalue weighted by Gasteiger charge is 2.27. The molecule has 0 N–H and O–H groups in total. The molecule has 0 radical (unpaired) electrons. The zero-order chi connectivity index (χ0) is 13.3. The Labute approximate surface area is 107 Å². The summed E-state index contributed by atoms with van der Waals surface area (Å²) in [6, 6.07) is 0.552. The average molecular weight is 243 g/mol. The van der Waals surface area contributed by atoms with E-state index in [1.807, 2.05) is 6.92 Å². The highest BCUT2D eigenvalue weighted by atomic mass is 16.5. The minimum Gasteiger partial charge on any atom is -0.383 e. The van der Waals surface area contributed by atoms with E-state index >= 15 is 0 Å². The zero-order valence-electron chi connectivity index (χ0n) is 12.2. The van der Waals surface area contributed by atoms with E-state index in [0.717, 1.165) is 45.2 Å². The first-order chi connectivity index (χ1) is 8.06. The van der Waals surface area contributed by atoms with Crippen LogP contribution in [0.15, 0.2) is 0 Å². The first-order valence-corrected chi connectivity index (χ1v) is 6.76. The van der Waals surface area contributed by atoms with Crippen LogP contribution in [0.3, 0.4) is 0 Å². The number of hydrogen-bond donors (Lipinski definition) is 0. The number of methoxy groups -OCH3 is 1. The Hall–Kier alpha value is -0.410. The lowest BCUT2D eigenvalue weighted by Gasteiger charge is -2.36. The molecule has 0 aliphatic heterocycles. The molecule has 0 rings (SSSR count). The summed E-state index contributed by atoms with van der Waals surface area (Å²) in [5.74, 6) is 0. The van der Waals surface area contributed by atoms with Gasteiger partial charge in [0.25, 0.3) is 0 Å². The van der Waals surface area contributed by atoms with Gasteiger partial charge in [0, 0.05) is 31.7 Å². The lowest BCUT2D eigenvalue weighted by molar-refractivity contribution is -0.117. The van der Waals surface area contributed by atoms with E-state index in [9.17, 15) is 4.79 Å². The number of ether oxygens (including phenoxy) is 1. The molecule has 0 aliphatic carbocycles. The van der Waals surface area contributed by atoms with Crippen molar-refractivity contribution < 1.29 is 9.53 Å². The number of carbonyl (C=O) groups is 1. The van der Waals surface area contributed by atoms with Crippen LogP contribution in [0.1, 0.15) is 47.0 Å². The van der Waals surface area contributed by atoms with Gasteiger partial charge in [0.05, 0.1) is 6.61 Å². The summed E-state index contributed by atoms with van der Waals surface area (Å²) in [5.41, 5.74) is -0.226.